The van der Waals surface area contributed by atoms with E-state index in [1.165, 1.54) is 30.6 Å². The topological polar surface area (TPSA) is 47.4 Å². The monoisotopic (exact) mass is 439 g/mol. The van der Waals surface area contributed by atoms with Crippen molar-refractivity contribution in [1.82, 2.24) is 14.5 Å². The molecule has 1 amide bonds. The molecule has 0 unspecified atom stereocenters. The number of para-hydroxylation sites is 1. The number of amides is 1. The molecule has 0 saturated carbocycles. The first-order valence-corrected chi connectivity index (χ1v) is 11.4. The maximum absolute atomic E-state index is 13.9. The molecule has 1 heterocycles. The number of ether oxygens (including phenoxy) is 1. The Morgan fingerprint density at radius 3 is 2.71 bits per heavy atom. The van der Waals surface area contributed by atoms with E-state index in [9.17, 15) is 9.18 Å². The largest absolute Gasteiger partial charge is 0.494 e. The summed E-state index contributed by atoms with van der Waals surface area (Å²) in [5.74, 6) is 0.0233. The fraction of sp³-hybridized carbons (Fsp3) is 0.333. The van der Waals surface area contributed by atoms with E-state index in [2.05, 4.69) is 16.7 Å². The van der Waals surface area contributed by atoms with E-state index >= 15 is 0 Å². The zero-order chi connectivity index (χ0) is 21.8. The Kier molecular flexibility index (Phi) is 6.61. The summed E-state index contributed by atoms with van der Waals surface area (Å²) in [4.78, 5) is 19.2. The number of carbonyl (C=O) groups is 1. The maximum atomic E-state index is 13.9. The second-order valence-electron chi connectivity index (χ2n) is 7.67. The Morgan fingerprint density at radius 1 is 1.19 bits per heavy atom. The molecule has 3 aromatic rings. The van der Waals surface area contributed by atoms with Crippen LogP contribution in [0.3, 0.4) is 0 Å². The standard InChI is InChI=1S/C24H26FN3O2S/c1-27(15-17-12-13-22(30-2)19(25)14-17)23(29)16-31-24-26-20-10-6-7-11-21(20)28(24)18-8-4-3-5-9-18/h3-5,8-9,12-14H,6-7,10-11,15-16H2,1-2H3. The second-order valence-corrected chi connectivity index (χ2v) is 8.62. The van der Waals surface area contributed by atoms with E-state index in [1.807, 2.05) is 18.2 Å². The van der Waals surface area contributed by atoms with E-state index in [4.69, 9.17) is 9.72 Å². The molecule has 1 aliphatic rings. The second kappa shape index (κ2) is 9.56. The summed E-state index contributed by atoms with van der Waals surface area (Å²) in [5, 5.41) is 0.857. The van der Waals surface area contributed by atoms with Gasteiger partial charge in [0.2, 0.25) is 5.91 Å². The average molecular weight is 440 g/mol. The Labute approximate surface area is 186 Å². The van der Waals surface area contributed by atoms with Gasteiger partial charge in [-0.1, -0.05) is 36.0 Å². The van der Waals surface area contributed by atoms with Crippen LogP contribution in [-0.4, -0.2) is 40.3 Å². The van der Waals surface area contributed by atoms with Crippen LogP contribution < -0.4 is 4.74 Å². The van der Waals surface area contributed by atoms with Crippen LogP contribution >= 0.6 is 11.8 Å². The molecule has 1 aromatic heterocycles. The van der Waals surface area contributed by atoms with E-state index in [0.29, 0.717) is 6.54 Å². The third-order valence-corrected chi connectivity index (χ3v) is 6.43. The molecule has 1 aliphatic carbocycles. The van der Waals surface area contributed by atoms with Crippen molar-refractivity contribution in [3.63, 3.8) is 0 Å². The number of aromatic nitrogens is 2. The van der Waals surface area contributed by atoms with Gasteiger partial charge in [-0.3, -0.25) is 9.36 Å². The van der Waals surface area contributed by atoms with Crippen molar-refractivity contribution in [1.29, 1.82) is 0 Å². The number of benzene rings is 2. The fourth-order valence-corrected chi connectivity index (χ4v) is 4.85. The van der Waals surface area contributed by atoms with Gasteiger partial charge in [0.15, 0.2) is 16.7 Å². The molecule has 0 radical (unpaired) electrons. The van der Waals surface area contributed by atoms with Crippen molar-refractivity contribution in [3.8, 4) is 11.4 Å². The number of fused-ring (bicyclic) bond motifs is 1. The zero-order valence-electron chi connectivity index (χ0n) is 17.8. The van der Waals surface area contributed by atoms with Gasteiger partial charge >= 0.3 is 0 Å². The summed E-state index contributed by atoms with van der Waals surface area (Å²) in [6.07, 6.45) is 4.31. The molecule has 7 heteroatoms. The lowest BCUT2D eigenvalue weighted by molar-refractivity contribution is -0.127. The third kappa shape index (κ3) is 4.77. The number of aryl methyl sites for hydroxylation is 1. The Morgan fingerprint density at radius 2 is 1.97 bits per heavy atom. The number of hydrogen-bond acceptors (Lipinski definition) is 4. The molecule has 0 saturated heterocycles. The summed E-state index contributed by atoms with van der Waals surface area (Å²) in [7, 11) is 3.17. The summed E-state index contributed by atoms with van der Waals surface area (Å²) in [6.45, 7) is 0.337. The Hall–Kier alpha value is -2.80. The van der Waals surface area contributed by atoms with Gasteiger partial charge in [-0.25, -0.2) is 9.37 Å². The zero-order valence-corrected chi connectivity index (χ0v) is 18.6. The van der Waals surface area contributed by atoms with E-state index in [0.717, 1.165) is 47.8 Å². The summed E-state index contributed by atoms with van der Waals surface area (Å²) < 4.78 is 21.1. The highest BCUT2D eigenvalue weighted by Gasteiger charge is 2.22. The van der Waals surface area contributed by atoms with E-state index in [1.54, 1.807) is 24.1 Å². The molecule has 0 fully saturated rings. The van der Waals surface area contributed by atoms with Gasteiger partial charge in [0.25, 0.3) is 0 Å². The molecule has 0 N–H and O–H groups in total. The van der Waals surface area contributed by atoms with Crippen LogP contribution in [0.15, 0.2) is 53.7 Å². The quantitative estimate of drug-likeness (QED) is 0.503. The highest BCUT2D eigenvalue weighted by atomic mass is 32.2. The number of halogens is 1. The SMILES string of the molecule is COc1ccc(CN(C)C(=O)CSc2nc3c(n2-c2ccccc2)CCCC3)cc1F. The van der Waals surface area contributed by atoms with Crippen molar-refractivity contribution in [2.75, 3.05) is 19.9 Å². The van der Waals surface area contributed by atoms with Crippen LogP contribution in [0, 0.1) is 5.82 Å². The summed E-state index contributed by atoms with van der Waals surface area (Å²) in [5.41, 5.74) is 4.21. The maximum Gasteiger partial charge on any atom is 0.233 e. The number of rotatable bonds is 7. The number of imidazole rings is 1. The normalized spacial score (nSPS) is 13.0. The van der Waals surface area contributed by atoms with Crippen molar-refractivity contribution in [2.45, 2.75) is 37.4 Å². The molecule has 0 bridgehead atoms. The van der Waals surface area contributed by atoms with Crippen LogP contribution in [0.2, 0.25) is 0 Å². The highest BCUT2D eigenvalue weighted by molar-refractivity contribution is 7.99. The molecular formula is C24H26FN3O2S. The van der Waals surface area contributed by atoms with Gasteiger partial charge in [0, 0.05) is 25.0 Å². The minimum atomic E-state index is -0.425. The van der Waals surface area contributed by atoms with Crippen molar-refractivity contribution in [3.05, 3.63) is 71.3 Å². The molecule has 4 rings (SSSR count). The number of carbonyl (C=O) groups excluding carboxylic acids is 1. The minimum Gasteiger partial charge on any atom is -0.494 e. The number of hydrogen-bond donors (Lipinski definition) is 0. The van der Waals surface area contributed by atoms with Crippen LogP contribution in [0.25, 0.3) is 5.69 Å². The van der Waals surface area contributed by atoms with Gasteiger partial charge in [0.1, 0.15) is 0 Å². The molecular weight excluding hydrogens is 413 g/mol. The number of methoxy groups -OCH3 is 1. The van der Waals surface area contributed by atoms with Crippen molar-refractivity contribution >= 4 is 17.7 Å². The number of thioether (sulfide) groups is 1. The van der Waals surface area contributed by atoms with Crippen LogP contribution in [0.5, 0.6) is 5.75 Å². The van der Waals surface area contributed by atoms with Crippen LogP contribution in [-0.2, 0) is 24.2 Å². The first kappa shape index (κ1) is 21.4. The molecule has 31 heavy (non-hydrogen) atoms. The predicted molar refractivity (Wildman–Crippen MR) is 120 cm³/mol. The average Bonchev–Trinajstić information content (AvgIpc) is 3.16. The molecule has 162 valence electrons. The number of nitrogens with zero attached hydrogens (tertiary/aromatic N) is 3. The lowest BCUT2D eigenvalue weighted by Crippen LogP contribution is -2.28. The van der Waals surface area contributed by atoms with Crippen molar-refractivity contribution in [2.24, 2.45) is 0 Å². The Balaban J connectivity index is 1.47. The van der Waals surface area contributed by atoms with Gasteiger partial charge < -0.3 is 9.64 Å². The lowest BCUT2D eigenvalue weighted by Gasteiger charge is -2.18. The first-order chi connectivity index (χ1) is 15.1. The smallest absolute Gasteiger partial charge is 0.233 e. The van der Waals surface area contributed by atoms with Gasteiger partial charge in [0.05, 0.1) is 18.6 Å². The first-order valence-electron chi connectivity index (χ1n) is 10.4. The predicted octanol–water partition coefficient (Wildman–Crippen LogP) is 4.65. The summed E-state index contributed by atoms with van der Waals surface area (Å²) >= 11 is 1.46. The van der Waals surface area contributed by atoms with Gasteiger partial charge in [-0.2, -0.15) is 0 Å². The Bertz CT molecular complexity index is 1070. The molecule has 0 atom stereocenters. The molecule has 0 spiro atoms. The van der Waals surface area contributed by atoms with Gasteiger partial charge in [-0.15, -0.1) is 0 Å². The molecule has 2 aromatic carbocycles. The minimum absolute atomic E-state index is 0.0261. The van der Waals surface area contributed by atoms with Gasteiger partial charge in [-0.05, 0) is 55.5 Å². The highest BCUT2D eigenvalue weighted by Crippen LogP contribution is 2.30. The van der Waals surface area contributed by atoms with Crippen molar-refractivity contribution < 1.29 is 13.9 Å². The van der Waals surface area contributed by atoms with E-state index < -0.39 is 5.82 Å². The molecule has 0 aliphatic heterocycles. The third-order valence-electron chi connectivity index (χ3n) is 5.50. The van der Waals surface area contributed by atoms with Crippen LogP contribution in [0.1, 0.15) is 29.8 Å². The van der Waals surface area contributed by atoms with E-state index in [-0.39, 0.29) is 17.4 Å². The van der Waals surface area contributed by atoms with Crippen LogP contribution in [0.4, 0.5) is 4.39 Å². The molecule has 5 nitrogen and oxygen atoms in total. The fourth-order valence-electron chi connectivity index (χ4n) is 3.86. The summed E-state index contributed by atoms with van der Waals surface area (Å²) in [6, 6.07) is 15.0. The lowest BCUT2D eigenvalue weighted by atomic mass is 10.0.